The Morgan fingerprint density at radius 3 is 2.86 bits per heavy atom. The molecule has 1 aliphatic rings. The van der Waals surface area contributed by atoms with E-state index in [9.17, 15) is 0 Å². The van der Waals surface area contributed by atoms with Crippen LogP contribution in [0.3, 0.4) is 0 Å². The summed E-state index contributed by atoms with van der Waals surface area (Å²) in [7, 11) is 1.71. The monoisotopic (exact) mass is 426 g/mol. The van der Waals surface area contributed by atoms with Gasteiger partial charge in [-0.05, 0) is 66.1 Å². The van der Waals surface area contributed by atoms with Gasteiger partial charge in [-0.1, -0.05) is 22.9 Å². The summed E-state index contributed by atoms with van der Waals surface area (Å²) < 4.78 is 7.54. The van der Waals surface area contributed by atoms with E-state index in [4.69, 9.17) is 4.74 Å². The van der Waals surface area contributed by atoms with Crippen LogP contribution >= 0.6 is 31.9 Å². The Kier molecular flexibility index (Phi) is 4.95. The molecule has 1 unspecified atom stereocenters. The summed E-state index contributed by atoms with van der Waals surface area (Å²) >= 11 is 7.13. The van der Waals surface area contributed by atoms with Crippen LogP contribution < -0.4 is 4.74 Å². The molecule has 1 aromatic heterocycles. The molecule has 0 bridgehead atoms. The zero-order valence-electron chi connectivity index (χ0n) is 12.8. The average Bonchev–Trinajstić information content (AvgIpc) is 3.15. The van der Waals surface area contributed by atoms with E-state index in [1.165, 1.54) is 25.1 Å². The van der Waals surface area contributed by atoms with Gasteiger partial charge < -0.3 is 9.72 Å². The quantitative estimate of drug-likeness (QED) is 0.710. The topological polar surface area (TPSA) is 28.3 Å². The van der Waals surface area contributed by atoms with Crippen LogP contribution in [0.1, 0.15) is 31.5 Å². The number of nitrogens with zero attached hydrogens (tertiary/aromatic N) is 1. The van der Waals surface area contributed by atoms with E-state index in [1.54, 1.807) is 7.11 Å². The van der Waals surface area contributed by atoms with Crippen molar-refractivity contribution in [3.05, 3.63) is 38.9 Å². The molecule has 0 spiro atoms. The van der Waals surface area contributed by atoms with Gasteiger partial charge in [0.2, 0.25) is 0 Å². The molecule has 1 aliphatic heterocycles. The lowest BCUT2D eigenvalue weighted by Crippen LogP contribution is -2.22. The van der Waals surface area contributed by atoms with E-state index < -0.39 is 0 Å². The van der Waals surface area contributed by atoms with Crippen molar-refractivity contribution < 1.29 is 4.74 Å². The number of hydrogen-bond acceptors (Lipinski definition) is 2. The van der Waals surface area contributed by atoms with E-state index in [-0.39, 0.29) is 0 Å². The molecule has 0 aliphatic carbocycles. The van der Waals surface area contributed by atoms with Gasteiger partial charge in [-0.25, -0.2) is 0 Å². The van der Waals surface area contributed by atoms with Crippen LogP contribution in [-0.4, -0.2) is 30.1 Å². The largest absolute Gasteiger partial charge is 0.495 e. The van der Waals surface area contributed by atoms with Crippen LogP contribution in [0, 0.1) is 0 Å². The van der Waals surface area contributed by atoms with E-state index in [0.29, 0.717) is 6.04 Å². The van der Waals surface area contributed by atoms with Crippen molar-refractivity contribution in [1.82, 2.24) is 9.88 Å². The first-order valence-corrected chi connectivity index (χ1v) is 9.19. The number of likely N-dealkylation sites (tertiary alicyclic amines) is 1. The van der Waals surface area contributed by atoms with Gasteiger partial charge in [0.1, 0.15) is 5.75 Å². The van der Waals surface area contributed by atoms with Crippen LogP contribution in [0.5, 0.6) is 5.75 Å². The maximum absolute atomic E-state index is 5.56. The second kappa shape index (κ2) is 6.77. The van der Waals surface area contributed by atoms with Gasteiger partial charge in [-0.3, -0.25) is 4.90 Å². The third-order valence-corrected chi connectivity index (χ3v) is 5.39. The molecule has 3 nitrogen and oxygen atoms in total. The van der Waals surface area contributed by atoms with Gasteiger partial charge in [0, 0.05) is 27.5 Å². The van der Waals surface area contributed by atoms with Gasteiger partial charge >= 0.3 is 0 Å². The molecule has 1 fully saturated rings. The first-order chi connectivity index (χ1) is 10.6. The number of hydrogen-bond donors (Lipinski definition) is 1. The van der Waals surface area contributed by atoms with Crippen molar-refractivity contribution in [3.8, 4) is 17.0 Å². The van der Waals surface area contributed by atoms with Gasteiger partial charge in [0.25, 0.3) is 0 Å². The standard InChI is InChI=1S/C17H20Br2N2O/c1-3-21-8-4-5-16(21)15-7-6-14(20-15)12-9-11(18)10-13(19)17(12)22-2/h6-7,9-10,16,20H,3-5,8H2,1-2H3. The molecule has 2 aromatic rings. The van der Waals surface area contributed by atoms with Gasteiger partial charge in [0.15, 0.2) is 0 Å². The fourth-order valence-corrected chi connectivity index (χ4v) is 4.68. The summed E-state index contributed by atoms with van der Waals surface area (Å²) in [6.07, 6.45) is 2.51. The van der Waals surface area contributed by atoms with Gasteiger partial charge in [-0.15, -0.1) is 0 Å². The molecular formula is C17H20Br2N2O. The highest BCUT2D eigenvalue weighted by Gasteiger charge is 2.26. The predicted molar refractivity (Wildman–Crippen MR) is 97.4 cm³/mol. The maximum atomic E-state index is 5.56. The summed E-state index contributed by atoms with van der Waals surface area (Å²) in [5.41, 5.74) is 3.46. The second-order valence-electron chi connectivity index (χ2n) is 5.58. The van der Waals surface area contributed by atoms with E-state index in [2.05, 4.69) is 66.9 Å². The highest BCUT2D eigenvalue weighted by Crippen LogP contribution is 2.40. The minimum Gasteiger partial charge on any atom is -0.495 e. The van der Waals surface area contributed by atoms with E-state index in [0.717, 1.165) is 32.5 Å². The number of halogens is 2. The van der Waals surface area contributed by atoms with Crippen LogP contribution in [0.4, 0.5) is 0 Å². The summed E-state index contributed by atoms with van der Waals surface area (Å²) in [5.74, 6) is 0.857. The lowest BCUT2D eigenvalue weighted by molar-refractivity contribution is 0.268. The Bertz CT molecular complexity index is 669. The first kappa shape index (κ1) is 16.1. The van der Waals surface area contributed by atoms with Gasteiger partial charge in [0.05, 0.1) is 11.6 Å². The van der Waals surface area contributed by atoms with Gasteiger partial charge in [-0.2, -0.15) is 0 Å². The Morgan fingerprint density at radius 1 is 1.32 bits per heavy atom. The summed E-state index contributed by atoms with van der Waals surface area (Å²) in [6.45, 7) is 4.53. The smallest absolute Gasteiger partial charge is 0.142 e. The SMILES string of the molecule is CCN1CCCC1c1ccc(-c2cc(Br)cc(Br)c2OC)[nH]1. The fourth-order valence-electron chi connectivity index (χ4n) is 3.29. The number of aromatic amines is 1. The Hall–Kier alpha value is -0.780. The maximum Gasteiger partial charge on any atom is 0.142 e. The number of methoxy groups -OCH3 is 1. The predicted octanol–water partition coefficient (Wildman–Crippen LogP) is 5.37. The molecular weight excluding hydrogens is 408 g/mol. The minimum absolute atomic E-state index is 0.514. The third kappa shape index (κ3) is 2.99. The van der Waals surface area contributed by atoms with E-state index in [1.807, 2.05) is 6.07 Å². The Morgan fingerprint density at radius 2 is 2.14 bits per heavy atom. The van der Waals surface area contributed by atoms with Crippen LogP contribution in [0.25, 0.3) is 11.3 Å². The van der Waals surface area contributed by atoms with Crippen molar-refractivity contribution in [1.29, 1.82) is 0 Å². The molecule has 2 heterocycles. The Balaban J connectivity index is 1.97. The molecule has 3 rings (SSSR count). The second-order valence-corrected chi connectivity index (χ2v) is 7.35. The first-order valence-electron chi connectivity index (χ1n) is 7.60. The van der Waals surface area contributed by atoms with Crippen molar-refractivity contribution >= 4 is 31.9 Å². The normalized spacial score (nSPS) is 18.8. The average molecular weight is 428 g/mol. The van der Waals surface area contributed by atoms with Crippen molar-refractivity contribution in [3.63, 3.8) is 0 Å². The third-order valence-electron chi connectivity index (χ3n) is 4.34. The number of benzene rings is 1. The fraction of sp³-hybridized carbons (Fsp3) is 0.412. The highest BCUT2D eigenvalue weighted by atomic mass is 79.9. The molecule has 0 radical (unpaired) electrons. The van der Waals surface area contributed by atoms with Crippen molar-refractivity contribution in [2.45, 2.75) is 25.8 Å². The minimum atomic E-state index is 0.514. The highest BCUT2D eigenvalue weighted by molar-refractivity contribution is 9.11. The number of ether oxygens (including phenoxy) is 1. The number of nitrogens with one attached hydrogen (secondary N) is 1. The molecule has 1 saturated heterocycles. The summed E-state index contributed by atoms with van der Waals surface area (Å²) in [4.78, 5) is 6.13. The molecule has 0 amide bonds. The summed E-state index contributed by atoms with van der Waals surface area (Å²) in [5, 5.41) is 0. The summed E-state index contributed by atoms with van der Waals surface area (Å²) in [6, 6.07) is 8.97. The van der Waals surface area contributed by atoms with Crippen molar-refractivity contribution in [2.24, 2.45) is 0 Å². The molecule has 22 heavy (non-hydrogen) atoms. The Labute approximate surface area is 148 Å². The number of aromatic nitrogens is 1. The molecule has 0 saturated carbocycles. The van der Waals surface area contributed by atoms with Crippen LogP contribution in [-0.2, 0) is 0 Å². The lowest BCUT2D eigenvalue weighted by Gasteiger charge is -2.21. The lowest BCUT2D eigenvalue weighted by atomic mass is 10.1. The number of rotatable bonds is 4. The van der Waals surface area contributed by atoms with Crippen LogP contribution in [0.2, 0.25) is 0 Å². The molecule has 1 aromatic carbocycles. The zero-order chi connectivity index (χ0) is 15.7. The number of H-pyrrole nitrogens is 1. The van der Waals surface area contributed by atoms with Crippen molar-refractivity contribution in [2.75, 3.05) is 20.2 Å². The molecule has 118 valence electrons. The molecule has 1 N–H and O–H groups in total. The van der Waals surface area contributed by atoms with Crippen LogP contribution in [0.15, 0.2) is 33.2 Å². The molecule has 1 atom stereocenters. The molecule has 5 heteroatoms. The zero-order valence-corrected chi connectivity index (χ0v) is 16.0. The van der Waals surface area contributed by atoms with E-state index >= 15 is 0 Å².